The number of nitrogens with one attached hydrogen (secondary N) is 2. The van der Waals surface area contributed by atoms with E-state index in [-0.39, 0.29) is 23.0 Å². The van der Waals surface area contributed by atoms with Crippen molar-refractivity contribution in [2.45, 2.75) is 23.8 Å². The van der Waals surface area contributed by atoms with Gasteiger partial charge >= 0.3 is 5.97 Å². The van der Waals surface area contributed by atoms with Crippen molar-refractivity contribution < 1.29 is 14.3 Å². The second-order valence-corrected chi connectivity index (χ2v) is 6.24. The van der Waals surface area contributed by atoms with Gasteiger partial charge in [0.2, 0.25) is 5.91 Å². The number of thioether (sulfide) groups is 1. The number of carbonyl (C=O) groups is 2. The van der Waals surface area contributed by atoms with E-state index in [4.69, 9.17) is 0 Å². The molecule has 8 heteroatoms. The number of aromatic amines is 1. The molecule has 0 unspecified atom stereocenters. The molecule has 0 radical (unpaired) electrons. The van der Waals surface area contributed by atoms with Gasteiger partial charge in [0.05, 0.1) is 24.5 Å². The molecule has 0 saturated heterocycles. The van der Waals surface area contributed by atoms with Crippen LogP contribution in [0.25, 0.3) is 0 Å². The Kier molecular flexibility index (Phi) is 6.14. The van der Waals surface area contributed by atoms with Crippen molar-refractivity contribution in [3.63, 3.8) is 0 Å². The van der Waals surface area contributed by atoms with Crippen LogP contribution >= 0.6 is 11.8 Å². The maximum atomic E-state index is 12.2. The SMILES string of the molecule is COC(=O)Cc1cc(=O)[nH]c(S[C@H](C)C(=O)Nc2ccccc2)n1. The van der Waals surface area contributed by atoms with Gasteiger partial charge in [-0.25, -0.2) is 4.98 Å². The van der Waals surface area contributed by atoms with E-state index in [0.29, 0.717) is 11.4 Å². The van der Waals surface area contributed by atoms with Crippen LogP contribution in [0.4, 0.5) is 5.69 Å². The largest absolute Gasteiger partial charge is 0.469 e. The van der Waals surface area contributed by atoms with Gasteiger partial charge in [0.25, 0.3) is 5.56 Å². The van der Waals surface area contributed by atoms with E-state index in [1.165, 1.54) is 13.2 Å². The molecule has 0 aliphatic rings. The molecule has 2 N–H and O–H groups in total. The fraction of sp³-hybridized carbons (Fsp3) is 0.250. The lowest BCUT2D eigenvalue weighted by atomic mass is 10.3. The average molecular weight is 347 g/mol. The standard InChI is InChI=1S/C16H17N3O4S/c1-10(15(22)17-11-6-4-3-5-7-11)24-16-18-12(8-13(20)19-16)9-14(21)23-2/h3-8,10H,9H2,1-2H3,(H,17,22)(H,18,19,20)/t10-/m1/s1. The number of esters is 1. The van der Waals surface area contributed by atoms with E-state index in [1.807, 2.05) is 18.2 Å². The summed E-state index contributed by atoms with van der Waals surface area (Å²) in [7, 11) is 1.27. The fourth-order valence-corrected chi connectivity index (χ4v) is 2.67. The van der Waals surface area contributed by atoms with E-state index in [9.17, 15) is 14.4 Å². The number of benzene rings is 1. The minimum atomic E-state index is -0.487. The predicted octanol–water partition coefficient (Wildman–Crippen LogP) is 1.60. The first-order chi connectivity index (χ1) is 11.5. The third kappa shape index (κ3) is 5.24. The smallest absolute Gasteiger partial charge is 0.311 e. The van der Waals surface area contributed by atoms with Gasteiger partial charge in [-0.15, -0.1) is 0 Å². The zero-order chi connectivity index (χ0) is 17.5. The van der Waals surface area contributed by atoms with Gasteiger partial charge in [0, 0.05) is 11.8 Å². The topological polar surface area (TPSA) is 101 Å². The van der Waals surface area contributed by atoms with E-state index in [0.717, 1.165) is 11.8 Å². The fourth-order valence-electron chi connectivity index (χ4n) is 1.84. The zero-order valence-corrected chi connectivity index (χ0v) is 14.1. The number of anilines is 1. The molecular formula is C16H17N3O4S. The molecule has 0 fully saturated rings. The molecule has 24 heavy (non-hydrogen) atoms. The van der Waals surface area contributed by atoms with Crippen molar-refractivity contribution in [1.82, 2.24) is 9.97 Å². The summed E-state index contributed by atoms with van der Waals surface area (Å²) in [6.07, 6.45) is -0.0986. The van der Waals surface area contributed by atoms with Crippen LogP contribution in [-0.4, -0.2) is 34.2 Å². The van der Waals surface area contributed by atoms with Crippen LogP contribution in [0.2, 0.25) is 0 Å². The quantitative estimate of drug-likeness (QED) is 0.468. The van der Waals surface area contributed by atoms with E-state index in [2.05, 4.69) is 20.0 Å². The highest BCUT2D eigenvalue weighted by molar-refractivity contribution is 8.00. The van der Waals surface area contributed by atoms with Crippen molar-refractivity contribution in [3.8, 4) is 0 Å². The highest BCUT2D eigenvalue weighted by atomic mass is 32.2. The maximum Gasteiger partial charge on any atom is 0.311 e. The number of methoxy groups -OCH3 is 1. The Labute approximate surface area is 142 Å². The van der Waals surface area contributed by atoms with Crippen molar-refractivity contribution >= 4 is 29.3 Å². The van der Waals surface area contributed by atoms with Gasteiger partial charge in [0.15, 0.2) is 5.16 Å². The van der Waals surface area contributed by atoms with E-state index in [1.54, 1.807) is 19.1 Å². The third-order valence-electron chi connectivity index (χ3n) is 3.03. The lowest BCUT2D eigenvalue weighted by Crippen LogP contribution is -2.23. The molecule has 7 nitrogen and oxygen atoms in total. The summed E-state index contributed by atoms with van der Waals surface area (Å²) in [5.74, 6) is -0.703. The minimum absolute atomic E-state index is 0.0986. The number of para-hydroxylation sites is 1. The summed E-state index contributed by atoms with van der Waals surface area (Å²) in [4.78, 5) is 41.9. The molecule has 0 bridgehead atoms. The number of rotatable bonds is 6. The number of nitrogens with zero attached hydrogens (tertiary/aromatic N) is 1. The lowest BCUT2D eigenvalue weighted by Gasteiger charge is -2.11. The summed E-state index contributed by atoms with van der Waals surface area (Å²) < 4.78 is 4.56. The number of hydrogen-bond donors (Lipinski definition) is 2. The van der Waals surface area contributed by atoms with Crippen LogP contribution in [0.1, 0.15) is 12.6 Å². The Morgan fingerprint density at radius 1 is 1.33 bits per heavy atom. The highest BCUT2D eigenvalue weighted by Gasteiger charge is 2.17. The number of carbonyl (C=O) groups excluding carboxylic acids is 2. The Morgan fingerprint density at radius 2 is 2.04 bits per heavy atom. The van der Waals surface area contributed by atoms with Gasteiger partial charge in [-0.2, -0.15) is 0 Å². The molecular weight excluding hydrogens is 330 g/mol. The monoisotopic (exact) mass is 347 g/mol. The summed E-state index contributed by atoms with van der Waals surface area (Å²) in [6, 6.07) is 10.3. The van der Waals surface area contributed by atoms with E-state index >= 15 is 0 Å². The first-order valence-corrected chi connectivity index (χ1v) is 8.05. The van der Waals surface area contributed by atoms with Crippen molar-refractivity contribution in [2.24, 2.45) is 0 Å². The van der Waals surface area contributed by atoms with Gasteiger partial charge in [0.1, 0.15) is 0 Å². The number of ether oxygens (including phenoxy) is 1. The van der Waals surface area contributed by atoms with Gasteiger partial charge < -0.3 is 15.0 Å². The summed E-state index contributed by atoms with van der Waals surface area (Å²) in [6.45, 7) is 1.70. The molecule has 126 valence electrons. The Hall–Kier alpha value is -2.61. The van der Waals surface area contributed by atoms with Gasteiger partial charge in [-0.1, -0.05) is 30.0 Å². The van der Waals surface area contributed by atoms with Crippen molar-refractivity contribution in [1.29, 1.82) is 0 Å². The number of amides is 1. The molecule has 0 aliphatic carbocycles. The molecule has 2 aromatic rings. The van der Waals surface area contributed by atoms with Gasteiger partial charge in [-0.05, 0) is 19.1 Å². The van der Waals surface area contributed by atoms with E-state index < -0.39 is 11.2 Å². The van der Waals surface area contributed by atoms with Crippen molar-refractivity contribution in [3.05, 3.63) is 52.4 Å². The minimum Gasteiger partial charge on any atom is -0.469 e. The van der Waals surface area contributed by atoms with Crippen LogP contribution in [0, 0.1) is 0 Å². The number of H-pyrrole nitrogens is 1. The molecule has 1 aromatic heterocycles. The summed E-state index contributed by atoms with van der Waals surface area (Å²) >= 11 is 1.10. The highest BCUT2D eigenvalue weighted by Crippen LogP contribution is 2.20. The Bertz CT molecular complexity index is 776. The zero-order valence-electron chi connectivity index (χ0n) is 13.2. The van der Waals surface area contributed by atoms with Gasteiger partial charge in [-0.3, -0.25) is 14.4 Å². The maximum absolute atomic E-state index is 12.2. The molecule has 1 atom stereocenters. The summed E-state index contributed by atoms with van der Waals surface area (Å²) in [5.41, 5.74) is 0.599. The summed E-state index contributed by atoms with van der Waals surface area (Å²) in [5, 5.41) is 2.57. The predicted molar refractivity (Wildman–Crippen MR) is 91.0 cm³/mol. The first kappa shape index (κ1) is 17.7. The molecule has 1 aromatic carbocycles. The van der Waals surface area contributed by atoms with Crippen LogP contribution in [0.15, 0.2) is 46.3 Å². The van der Waals surface area contributed by atoms with Crippen LogP contribution in [-0.2, 0) is 20.7 Å². The van der Waals surface area contributed by atoms with Crippen LogP contribution < -0.4 is 10.9 Å². The van der Waals surface area contributed by atoms with Crippen LogP contribution in [0.5, 0.6) is 0 Å². The molecule has 0 spiro atoms. The normalized spacial score (nSPS) is 11.6. The molecule has 1 amide bonds. The molecule has 0 saturated carbocycles. The Morgan fingerprint density at radius 3 is 2.71 bits per heavy atom. The second-order valence-electron chi connectivity index (χ2n) is 4.91. The molecule has 2 rings (SSSR count). The molecule has 0 aliphatic heterocycles. The van der Waals surface area contributed by atoms with Crippen molar-refractivity contribution in [2.75, 3.05) is 12.4 Å². The number of hydrogen-bond acceptors (Lipinski definition) is 6. The van der Waals surface area contributed by atoms with Crippen LogP contribution in [0.3, 0.4) is 0 Å². The second kappa shape index (κ2) is 8.30. The third-order valence-corrected chi connectivity index (χ3v) is 4.01. The average Bonchev–Trinajstić information content (AvgIpc) is 2.55. The molecule has 1 heterocycles. The Balaban J connectivity index is 2.05. The lowest BCUT2D eigenvalue weighted by molar-refractivity contribution is -0.139. The first-order valence-electron chi connectivity index (χ1n) is 7.17. The number of aromatic nitrogens is 2.